The van der Waals surface area contributed by atoms with E-state index in [0.29, 0.717) is 11.5 Å². The van der Waals surface area contributed by atoms with Gasteiger partial charge >= 0.3 is 0 Å². The molecule has 0 saturated carbocycles. The van der Waals surface area contributed by atoms with Gasteiger partial charge in [-0.15, -0.1) is 0 Å². The van der Waals surface area contributed by atoms with E-state index in [1.165, 1.54) is 19.4 Å². The van der Waals surface area contributed by atoms with Crippen molar-refractivity contribution in [3.63, 3.8) is 0 Å². The average molecular weight is 184 g/mol. The zero-order valence-corrected chi connectivity index (χ0v) is 9.48. The predicted octanol–water partition coefficient (Wildman–Crippen LogP) is 1.76. The van der Waals surface area contributed by atoms with E-state index in [9.17, 15) is 0 Å². The zero-order chi connectivity index (χ0) is 9.90. The molecule has 2 N–H and O–H groups in total. The molecule has 13 heavy (non-hydrogen) atoms. The minimum Gasteiger partial charge on any atom is -0.314 e. The summed E-state index contributed by atoms with van der Waals surface area (Å²) in [5, 5.41) is 7.04. The Hall–Kier alpha value is -0.0800. The lowest BCUT2D eigenvalue weighted by molar-refractivity contribution is 0.394. The third-order valence-corrected chi connectivity index (χ3v) is 2.71. The lowest BCUT2D eigenvalue weighted by Crippen LogP contribution is -2.30. The van der Waals surface area contributed by atoms with Crippen LogP contribution in [0.1, 0.15) is 40.5 Å². The van der Waals surface area contributed by atoms with E-state index in [4.69, 9.17) is 0 Å². The quantitative estimate of drug-likeness (QED) is 0.696. The Morgan fingerprint density at radius 2 is 2.15 bits per heavy atom. The van der Waals surface area contributed by atoms with Crippen molar-refractivity contribution in [3.8, 4) is 0 Å². The molecule has 0 aromatic rings. The summed E-state index contributed by atoms with van der Waals surface area (Å²) in [6, 6.07) is 1.36. The van der Waals surface area contributed by atoms with Gasteiger partial charge in [-0.3, -0.25) is 0 Å². The molecule has 78 valence electrons. The minimum atomic E-state index is 0.516. The first-order valence-electron chi connectivity index (χ1n) is 5.46. The molecule has 0 spiro atoms. The third-order valence-electron chi connectivity index (χ3n) is 2.71. The third kappa shape index (κ3) is 4.10. The molecular formula is C11H24N2. The van der Waals surface area contributed by atoms with E-state index in [1.807, 2.05) is 0 Å². The molecule has 0 aromatic carbocycles. The monoisotopic (exact) mass is 184 g/mol. The molecule has 1 saturated heterocycles. The van der Waals surface area contributed by atoms with Crippen molar-refractivity contribution >= 4 is 0 Å². The summed E-state index contributed by atoms with van der Waals surface area (Å²) in [5.74, 6) is 0. The second kappa shape index (κ2) is 4.43. The highest BCUT2D eigenvalue weighted by molar-refractivity contribution is 4.87. The molecule has 0 aliphatic carbocycles. The number of hydrogen-bond donors (Lipinski definition) is 2. The lowest BCUT2D eigenvalue weighted by atomic mass is 9.90. The molecule has 1 atom stereocenters. The first-order valence-corrected chi connectivity index (χ1v) is 5.46. The molecule has 1 rings (SSSR count). The fraction of sp³-hybridized carbons (Fsp3) is 1.00. The Labute approximate surface area is 82.5 Å². The highest BCUT2D eigenvalue weighted by Gasteiger charge is 2.29. The lowest BCUT2D eigenvalue weighted by Gasteiger charge is -2.16. The summed E-state index contributed by atoms with van der Waals surface area (Å²) in [4.78, 5) is 0. The van der Waals surface area contributed by atoms with Crippen LogP contribution in [0.5, 0.6) is 0 Å². The van der Waals surface area contributed by atoms with Crippen LogP contribution < -0.4 is 10.6 Å². The van der Waals surface area contributed by atoms with Crippen molar-refractivity contribution < 1.29 is 0 Å². The molecule has 0 bridgehead atoms. The molecule has 0 amide bonds. The van der Waals surface area contributed by atoms with Crippen LogP contribution in [0.25, 0.3) is 0 Å². The van der Waals surface area contributed by atoms with Gasteiger partial charge in [0.25, 0.3) is 0 Å². The molecule has 0 aromatic heterocycles. The van der Waals surface area contributed by atoms with Gasteiger partial charge in [-0.05, 0) is 24.8 Å². The van der Waals surface area contributed by atoms with Crippen molar-refractivity contribution in [2.45, 2.75) is 52.6 Å². The van der Waals surface area contributed by atoms with E-state index in [-0.39, 0.29) is 0 Å². The highest BCUT2D eigenvalue weighted by atomic mass is 15.0. The van der Waals surface area contributed by atoms with Gasteiger partial charge in [-0.1, -0.05) is 27.7 Å². The van der Waals surface area contributed by atoms with E-state index in [2.05, 4.69) is 38.3 Å². The second-order valence-electron chi connectivity index (χ2n) is 5.34. The molecule has 1 aliphatic rings. The van der Waals surface area contributed by atoms with Crippen molar-refractivity contribution in [1.29, 1.82) is 0 Å². The maximum Gasteiger partial charge on any atom is 0.00849 e. The van der Waals surface area contributed by atoms with Crippen molar-refractivity contribution in [2.75, 3.05) is 13.1 Å². The van der Waals surface area contributed by atoms with Gasteiger partial charge in [0.1, 0.15) is 0 Å². The first-order chi connectivity index (χ1) is 5.99. The number of nitrogens with one attached hydrogen (secondary N) is 2. The maximum atomic E-state index is 3.58. The van der Waals surface area contributed by atoms with Crippen molar-refractivity contribution in [3.05, 3.63) is 0 Å². The van der Waals surface area contributed by atoms with Crippen molar-refractivity contribution in [1.82, 2.24) is 10.6 Å². The molecule has 2 heteroatoms. The largest absolute Gasteiger partial charge is 0.314 e. The molecule has 1 unspecified atom stereocenters. The topological polar surface area (TPSA) is 24.1 Å². The van der Waals surface area contributed by atoms with Crippen LogP contribution in [-0.2, 0) is 0 Å². The fourth-order valence-corrected chi connectivity index (χ4v) is 1.98. The van der Waals surface area contributed by atoms with Crippen LogP contribution in [-0.4, -0.2) is 25.2 Å². The number of hydrogen-bond acceptors (Lipinski definition) is 2. The van der Waals surface area contributed by atoms with Gasteiger partial charge in [0, 0.05) is 18.6 Å². The molecule has 1 aliphatic heterocycles. The van der Waals surface area contributed by atoms with Gasteiger partial charge in [0.2, 0.25) is 0 Å². The summed E-state index contributed by atoms with van der Waals surface area (Å²) in [6.45, 7) is 11.4. The van der Waals surface area contributed by atoms with Gasteiger partial charge < -0.3 is 10.6 Å². The standard InChI is InChI=1S/C11H24N2/c1-9(2)12-6-5-10-7-11(3,4)8-13-10/h9-10,12-13H,5-8H2,1-4H3. The van der Waals surface area contributed by atoms with Gasteiger partial charge in [0.05, 0.1) is 0 Å². The van der Waals surface area contributed by atoms with Crippen LogP contribution in [0.15, 0.2) is 0 Å². The molecular weight excluding hydrogens is 160 g/mol. The van der Waals surface area contributed by atoms with Gasteiger partial charge in [0.15, 0.2) is 0 Å². The average Bonchev–Trinajstić information content (AvgIpc) is 2.29. The van der Waals surface area contributed by atoms with E-state index in [1.54, 1.807) is 0 Å². The van der Waals surface area contributed by atoms with Crippen molar-refractivity contribution in [2.24, 2.45) is 5.41 Å². The summed E-state index contributed by atoms with van der Waals surface area (Å²) >= 11 is 0. The summed E-state index contributed by atoms with van der Waals surface area (Å²) < 4.78 is 0. The van der Waals surface area contributed by atoms with E-state index < -0.39 is 0 Å². The van der Waals surface area contributed by atoms with E-state index in [0.717, 1.165) is 12.6 Å². The van der Waals surface area contributed by atoms with Crippen LogP contribution in [0.2, 0.25) is 0 Å². The molecule has 1 fully saturated rings. The summed E-state index contributed by atoms with van der Waals surface area (Å²) in [5.41, 5.74) is 0.516. The van der Waals surface area contributed by atoms with Gasteiger partial charge in [-0.25, -0.2) is 0 Å². The highest BCUT2D eigenvalue weighted by Crippen LogP contribution is 2.28. The Kier molecular flexibility index (Phi) is 3.74. The number of rotatable bonds is 4. The maximum absolute atomic E-state index is 3.58. The normalized spacial score (nSPS) is 27.0. The zero-order valence-electron chi connectivity index (χ0n) is 9.48. The Balaban J connectivity index is 2.11. The Bertz CT molecular complexity index is 152. The van der Waals surface area contributed by atoms with E-state index >= 15 is 0 Å². The van der Waals surface area contributed by atoms with Crippen LogP contribution >= 0.6 is 0 Å². The second-order valence-corrected chi connectivity index (χ2v) is 5.34. The Morgan fingerprint density at radius 1 is 1.46 bits per heavy atom. The molecule has 2 nitrogen and oxygen atoms in total. The predicted molar refractivity (Wildman–Crippen MR) is 57.9 cm³/mol. The molecule has 0 radical (unpaired) electrons. The molecule has 1 heterocycles. The van der Waals surface area contributed by atoms with Crippen LogP contribution in [0.4, 0.5) is 0 Å². The van der Waals surface area contributed by atoms with Crippen LogP contribution in [0.3, 0.4) is 0 Å². The minimum absolute atomic E-state index is 0.516. The van der Waals surface area contributed by atoms with Crippen LogP contribution in [0, 0.1) is 5.41 Å². The Morgan fingerprint density at radius 3 is 2.62 bits per heavy atom. The van der Waals surface area contributed by atoms with Gasteiger partial charge in [-0.2, -0.15) is 0 Å². The summed E-state index contributed by atoms with van der Waals surface area (Å²) in [6.07, 6.45) is 2.59. The fourth-order valence-electron chi connectivity index (χ4n) is 1.98. The smallest absolute Gasteiger partial charge is 0.00849 e. The summed E-state index contributed by atoms with van der Waals surface area (Å²) in [7, 11) is 0. The SMILES string of the molecule is CC(C)NCCC1CC(C)(C)CN1. The first kappa shape index (κ1) is 11.0.